The van der Waals surface area contributed by atoms with Crippen LogP contribution in [0.25, 0.3) is 0 Å². The van der Waals surface area contributed by atoms with Crippen LogP contribution in [0, 0.1) is 5.92 Å². The summed E-state index contributed by atoms with van der Waals surface area (Å²) >= 11 is 0. The van der Waals surface area contributed by atoms with E-state index in [1.165, 1.54) is 0 Å². The Morgan fingerprint density at radius 2 is 2.00 bits per heavy atom. The minimum absolute atomic E-state index is 0.0377. The highest BCUT2D eigenvalue weighted by molar-refractivity contribution is 4.84. The maximum atomic E-state index is 5.53. The molecule has 1 fully saturated rings. The fourth-order valence-electron chi connectivity index (χ4n) is 1.41. The van der Waals surface area contributed by atoms with E-state index in [2.05, 4.69) is 13.8 Å². The third-order valence-corrected chi connectivity index (χ3v) is 2.29. The fraction of sp³-hybridized carbons (Fsp3) is 1.00. The average Bonchev–Trinajstić information content (AvgIpc) is 2.36. The van der Waals surface area contributed by atoms with Gasteiger partial charge in [-0.15, -0.1) is 0 Å². The maximum absolute atomic E-state index is 5.53. The molecule has 2 heteroatoms. The quantitative estimate of drug-likeness (QED) is 0.640. The molecule has 1 heterocycles. The summed E-state index contributed by atoms with van der Waals surface area (Å²) in [4.78, 5) is 0. The molecular formula is C10H22O2. The van der Waals surface area contributed by atoms with E-state index in [4.69, 9.17) is 9.47 Å². The minimum atomic E-state index is 0.0377. The molecule has 0 aliphatic carbocycles. The SMILES string of the molecule is CC.COCC1CCOC1(C)C. The first-order valence-electron chi connectivity index (χ1n) is 4.79. The minimum Gasteiger partial charge on any atom is -0.384 e. The normalized spacial score (nSPS) is 26.2. The predicted octanol–water partition coefficient (Wildman–Crippen LogP) is 2.47. The van der Waals surface area contributed by atoms with E-state index in [0.717, 1.165) is 19.6 Å². The second kappa shape index (κ2) is 5.55. The van der Waals surface area contributed by atoms with Crippen molar-refractivity contribution in [1.82, 2.24) is 0 Å². The molecule has 1 saturated heterocycles. The number of ether oxygens (including phenoxy) is 2. The van der Waals surface area contributed by atoms with Crippen molar-refractivity contribution < 1.29 is 9.47 Å². The van der Waals surface area contributed by atoms with Gasteiger partial charge in [0.15, 0.2) is 0 Å². The van der Waals surface area contributed by atoms with Gasteiger partial charge < -0.3 is 9.47 Å². The summed E-state index contributed by atoms with van der Waals surface area (Å²) < 4.78 is 10.6. The molecule has 0 aromatic carbocycles. The van der Waals surface area contributed by atoms with Crippen LogP contribution in [0.15, 0.2) is 0 Å². The summed E-state index contributed by atoms with van der Waals surface area (Å²) in [6.07, 6.45) is 1.14. The first-order valence-corrected chi connectivity index (χ1v) is 4.79. The molecule has 0 amide bonds. The molecule has 1 aliphatic rings. The van der Waals surface area contributed by atoms with Crippen LogP contribution >= 0.6 is 0 Å². The van der Waals surface area contributed by atoms with Crippen molar-refractivity contribution in [3.8, 4) is 0 Å². The van der Waals surface area contributed by atoms with E-state index < -0.39 is 0 Å². The van der Waals surface area contributed by atoms with Gasteiger partial charge in [0.1, 0.15) is 0 Å². The molecule has 1 atom stereocenters. The largest absolute Gasteiger partial charge is 0.384 e. The Labute approximate surface area is 76.3 Å². The predicted molar refractivity (Wildman–Crippen MR) is 51.4 cm³/mol. The molecule has 0 saturated carbocycles. The van der Waals surface area contributed by atoms with Crippen molar-refractivity contribution in [3.05, 3.63) is 0 Å². The van der Waals surface area contributed by atoms with Crippen LogP contribution in [0.2, 0.25) is 0 Å². The molecule has 0 N–H and O–H groups in total. The zero-order chi connectivity index (χ0) is 9.61. The molecule has 0 aromatic rings. The summed E-state index contributed by atoms with van der Waals surface area (Å²) in [7, 11) is 1.74. The van der Waals surface area contributed by atoms with E-state index in [1.54, 1.807) is 7.11 Å². The third-order valence-electron chi connectivity index (χ3n) is 2.29. The molecule has 1 aliphatic heterocycles. The van der Waals surface area contributed by atoms with E-state index in [9.17, 15) is 0 Å². The lowest BCUT2D eigenvalue weighted by Gasteiger charge is -2.24. The van der Waals surface area contributed by atoms with Crippen molar-refractivity contribution in [2.45, 2.75) is 39.7 Å². The fourth-order valence-corrected chi connectivity index (χ4v) is 1.41. The molecule has 0 aromatic heterocycles. The van der Waals surface area contributed by atoms with Gasteiger partial charge in [0.25, 0.3) is 0 Å². The maximum Gasteiger partial charge on any atom is 0.0677 e. The summed E-state index contributed by atoms with van der Waals surface area (Å²) in [6.45, 7) is 9.97. The van der Waals surface area contributed by atoms with Gasteiger partial charge in [-0.05, 0) is 20.3 Å². The Morgan fingerprint density at radius 3 is 2.33 bits per heavy atom. The molecule has 0 radical (unpaired) electrons. The standard InChI is InChI=1S/C8H16O2.C2H6/c1-8(2)7(6-9-3)4-5-10-8;1-2/h7H,4-6H2,1-3H3;1-2H3. The van der Waals surface area contributed by atoms with Crippen molar-refractivity contribution in [3.63, 3.8) is 0 Å². The Hall–Kier alpha value is -0.0800. The Bertz CT molecular complexity index is 110. The van der Waals surface area contributed by atoms with Gasteiger partial charge in [0, 0.05) is 19.6 Å². The molecule has 2 nitrogen and oxygen atoms in total. The highest BCUT2D eigenvalue weighted by atomic mass is 16.5. The molecular weight excluding hydrogens is 152 g/mol. The molecule has 0 spiro atoms. The Kier molecular flexibility index (Phi) is 5.51. The van der Waals surface area contributed by atoms with Crippen molar-refractivity contribution in [2.24, 2.45) is 5.92 Å². The first-order chi connectivity index (χ1) is 5.67. The lowest BCUT2D eigenvalue weighted by molar-refractivity contribution is -0.00946. The molecule has 12 heavy (non-hydrogen) atoms. The smallest absolute Gasteiger partial charge is 0.0677 e. The van der Waals surface area contributed by atoms with Crippen molar-refractivity contribution in [1.29, 1.82) is 0 Å². The van der Waals surface area contributed by atoms with Crippen LogP contribution in [0.5, 0.6) is 0 Å². The molecule has 0 bridgehead atoms. The highest BCUT2D eigenvalue weighted by Crippen LogP contribution is 2.30. The Morgan fingerprint density at radius 1 is 1.42 bits per heavy atom. The number of rotatable bonds is 2. The van der Waals surface area contributed by atoms with Gasteiger partial charge in [-0.25, -0.2) is 0 Å². The molecule has 1 unspecified atom stereocenters. The monoisotopic (exact) mass is 174 g/mol. The van der Waals surface area contributed by atoms with Crippen LogP contribution in [0.1, 0.15) is 34.1 Å². The van der Waals surface area contributed by atoms with Gasteiger partial charge in [0.2, 0.25) is 0 Å². The zero-order valence-electron chi connectivity index (χ0n) is 9.02. The molecule has 1 rings (SSSR count). The van der Waals surface area contributed by atoms with E-state index in [0.29, 0.717) is 5.92 Å². The molecule has 74 valence electrons. The van der Waals surface area contributed by atoms with E-state index in [1.807, 2.05) is 13.8 Å². The second-order valence-electron chi connectivity index (χ2n) is 3.39. The lowest BCUT2D eigenvalue weighted by atomic mass is 9.92. The Balaban J connectivity index is 0.000000561. The van der Waals surface area contributed by atoms with Gasteiger partial charge in [-0.3, -0.25) is 0 Å². The average molecular weight is 174 g/mol. The zero-order valence-corrected chi connectivity index (χ0v) is 9.02. The summed E-state index contributed by atoms with van der Waals surface area (Å²) in [6, 6.07) is 0. The summed E-state index contributed by atoms with van der Waals surface area (Å²) in [5.41, 5.74) is 0.0377. The van der Waals surface area contributed by atoms with Crippen LogP contribution in [0.4, 0.5) is 0 Å². The van der Waals surface area contributed by atoms with Gasteiger partial charge in [0.05, 0.1) is 12.2 Å². The van der Waals surface area contributed by atoms with Crippen LogP contribution < -0.4 is 0 Å². The van der Waals surface area contributed by atoms with Gasteiger partial charge in [-0.2, -0.15) is 0 Å². The van der Waals surface area contributed by atoms with Gasteiger partial charge >= 0.3 is 0 Å². The number of hydrogen-bond acceptors (Lipinski definition) is 2. The van der Waals surface area contributed by atoms with Crippen molar-refractivity contribution >= 4 is 0 Å². The first kappa shape index (κ1) is 11.9. The van der Waals surface area contributed by atoms with Crippen molar-refractivity contribution in [2.75, 3.05) is 20.3 Å². The van der Waals surface area contributed by atoms with Crippen LogP contribution in [-0.4, -0.2) is 25.9 Å². The van der Waals surface area contributed by atoms with E-state index >= 15 is 0 Å². The summed E-state index contributed by atoms with van der Waals surface area (Å²) in [5.74, 6) is 0.581. The van der Waals surface area contributed by atoms with E-state index in [-0.39, 0.29) is 5.60 Å². The third kappa shape index (κ3) is 3.11. The number of methoxy groups -OCH3 is 1. The van der Waals surface area contributed by atoms with Crippen LogP contribution in [-0.2, 0) is 9.47 Å². The second-order valence-corrected chi connectivity index (χ2v) is 3.39. The topological polar surface area (TPSA) is 18.5 Å². The van der Waals surface area contributed by atoms with Crippen LogP contribution in [0.3, 0.4) is 0 Å². The lowest BCUT2D eigenvalue weighted by Crippen LogP contribution is -2.30. The number of hydrogen-bond donors (Lipinski definition) is 0. The van der Waals surface area contributed by atoms with Gasteiger partial charge in [-0.1, -0.05) is 13.8 Å². The highest BCUT2D eigenvalue weighted by Gasteiger charge is 2.35. The summed E-state index contributed by atoms with van der Waals surface area (Å²) in [5, 5.41) is 0.